The van der Waals surface area contributed by atoms with Gasteiger partial charge in [0.05, 0.1) is 11.4 Å². The fourth-order valence-corrected chi connectivity index (χ4v) is 3.12. The molecule has 5 heteroatoms. The van der Waals surface area contributed by atoms with Crippen molar-refractivity contribution in [2.75, 3.05) is 5.75 Å². The Bertz CT molecular complexity index is 397. The molecule has 1 fully saturated rings. The number of carboxylic acids is 1. The van der Waals surface area contributed by atoms with E-state index in [2.05, 4.69) is 9.55 Å². The number of nitrogens with zero attached hydrogens (tertiary/aromatic N) is 2. The van der Waals surface area contributed by atoms with Gasteiger partial charge in [-0.25, -0.2) is 4.98 Å². The van der Waals surface area contributed by atoms with Crippen LogP contribution in [0.4, 0.5) is 0 Å². The molecule has 1 saturated carbocycles. The molecule has 0 amide bonds. The lowest BCUT2D eigenvalue weighted by Gasteiger charge is -2.11. The van der Waals surface area contributed by atoms with Crippen LogP contribution < -0.4 is 0 Å². The molecule has 0 radical (unpaired) electrons. The Kier molecular flexibility index (Phi) is 4.10. The molecule has 17 heavy (non-hydrogen) atoms. The van der Waals surface area contributed by atoms with Crippen molar-refractivity contribution < 1.29 is 9.90 Å². The third-order valence-electron chi connectivity index (χ3n) is 3.11. The average molecular weight is 254 g/mol. The molecule has 2 rings (SSSR count). The summed E-state index contributed by atoms with van der Waals surface area (Å²) >= 11 is 1.31. The van der Waals surface area contributed by atoms with E-state index in [-0.39, 0.29) is 5.75 Å². The number of aryl methyl sites for hydroxylation is 1. The van der Waals surface area contributed by atoms with E-state index in [1.54, 1.807) is 0 Å². The molecule has 0 unspecified atom stereocenters. The predicted molar refractivity (Wildman–Crippen MR) is 67.3 cm³/mol. The van der Waals surface area contributed by atoms with Gasteiger partial charge in [0.25, 0.3) is 0 Å². The zero-order chi connectivity index (χ0) is 12.3. The Morgan fingerprint density at radius 1 is 1.59 bits per heavy atom. The topological polar surface area (TPSA) is 55.1 Å². The van der Waals surface area contributed by atoms with Crippen molar-refractivity contribution in [1.29, 1.82) is 0 Å². The molecule has 0 aliphatic heterocycles. The number of thioether (sulfide) groups is 1. The fourth-order valence-electron chi connectivity index (χ4n) is 2.37. The van der Waals surface area contributed by atoms with Crippen molar-refractivity contribution in [2.24, 2.45) is 5.92 Å². The second kappa shape index (κ2) is 5.58. The normalized spacial score (nSPS) is 16.5. The maximum Gasteiger partial charge on any atom is 0.313 e. The molecular weight excluding hydrogens is 236 g/mol. The number of hydrogen-bond donors (Lipinski definition) is 1. The molecular formula is C12H18N2O2S. The van der Waals surface area contributed by atoms with Crippen LogP contribution in [0.25, 0.3) is 0 Å². The van der Waals surface area contributed by atoms with Crippen molar-refractivity contribution in [3.63, 3.8) is 0 Å². The first-order valence-electron chi connectivity index (χ1n) is 6.03. The zero-order valence-corrected chi connectivity index (χ0v) is 10.9. The third-order valence-corrected chi connectivity index (χ3v) is 4.09. The summed E-state index contributed by atoms with van der Waals surface area (Å²) in [6.07, 6.45) is 7.27. The summed E-state index contributed by atoms with van der Waals surface area (Å²) in [7, 11) is 0. The average Bonchev–Trinajstić information content (AvgIpc) is 2.86. The molecule has 1 heterocycles. The van der Waals surface area contributed by atoms with Gasteiger partial charge in [-0.2, -0.15) is 0 Å². The van der Waals surface area contributed by atoms with Gasteiger partial charge < -0.3 is 9.67 Å². The fraction of sp³-hybridized carbons (Fsp3) is 0.667. The molecule has 1 aromatic heterocycles. The van der Waals surface area contributed by atoms with E-state index in [1.165, 1.54) is 37.4 Å². The Labute approximate surface area is 105 Å². The van der Waals surface area contributed by atoms with Crippen molar-refractivity contribution in [2.45, 2.75) is 44.3 Å². The number of carboxylic acid groups (broad SMARTS) is 1. The Morgan fingerprint density at radius 2 is 2.29 bits per heavy atom. The maximum atomic E-state index is 10.6. The van der Waals surface area contributed by atoms with E-state index in [0.29, 0.717) is 0 Å². The molecule has 0 atom stereocenters. The lowest BCUT2D eigenvalue weighted by atomic mass is 10.1. The van der Waals surface area contributed by atoms with Crippen LogP contribution in [0.1, 0.15) is 31.4 Å². The van der Waals surface area contributed by atoms with Gasteiger partial charge in [-0.3, -0.25) is 4.79 Å². The van der Waals surface area contributed by atoms with Crippen LogP contribution >= 0.6 is 11.8 Å². The van der Waals surface area contributed by atoms with Crippen LogP contribution in [0.5, 0.6) is 0 Å². The van der Waals surface area contributed by atoms with Crippen molar-refractivity contribution in [1.82, 2.24) is 9.55 Å². The SMILES string of the molecule is Cc1cn(CC2CCCC2)c(SCC(=O)O)n1. The largest absolute Gasteiger partial charge is 0.481 e. The zero-order valence-electron chi connectivity index (χ0n) is 10.1. The van der Waals surface area contributed by atoms with Gasteiger partial charge in [0, 0.05) is 12.7 Å². The quantitative estimate of drug-likeness (QED) is 0.820. The van der Waals surface area contributed by atoms with Crippen LogP contribution in [-0.2, 0) is 11.3 Å². The molecule has 1 aromatic rings. The highest BCUT2D eigenvalue weighted by Gasteiger charge is 2.17. The summed E-state index contributed by atoms with van der Waals surface area (Å²) in [6.45, 7) is 2.94. The Morgan fingerprint density at radius 3 is 2.94 bits per heavy atom. The molecule has 1 aliphatic rings. The Hall–Kier alpha value is -0.970. The summed E-state index contributed by atoms with van der Waals surface area (Å²) in [5.41, 5.74) is 0.968. The van der Waals surface area contributed by atoms with E-state index in [9.17, 15) is 4.79 Å². The lowest BCUT2D eigenvalue weighted by Crippen LogP contribution is -2.08. The monoisotopic (exact) mass is 254 g/mol. The number of carbonyl (C=O) groups is 1. The molecule has 1 aliphatic carbocycles. The minimum Gasteiger partial charge on any atom is -0.481 e. The standard InChI is InChI=1S/C12H18N2O2S/c1-9-6-14(7-10-4-2-3-5-10)12(13-9)17-8-11(15)16/h6,10H,2-5,7-8H2,1H3,(H,15,16). The highest BCUT2D eigenvalue weighted by atomic mass is 32.2. The van der Waals surface area contributed by atoms with E-state index < -0.39 is 5.97 Å². The van der Waals surface area contributed by atoms with Gasteiger partial charge in [0.1, 0.15) is 0 Å². The van der Waals surface area contributed by atoms with E-state index in [4.69, 9.17) is 5.11 Å². The van der Waals surface area contributed by atoms with Gasteiger partial charge in [-0.05, 0) is 25.7 Å². The minimum atomic E-state index is -0.789. The van der Waals surface area contributed by atoms with Crippen LogP contribution in [-0.4, -0.2) is 26.4 Å². The van der Waals surface area contributed by atoms with E-state index in [1.807, 2.05) is 13.1 Å². The summed E-state index contributed by atoms with van der Waals surface area (Å²) < 4.78 is 2.12. The lowest BCUT2D eigenvalue weighted by molar-refractivity contribution is -0.133. The predicted octanol–water partition coefficient (Wildman–Crippen LogP) is 2.56. The van der Waals surface area contributed by atoms with Crippen LogP contribution in [0.3, 0.4) is 0 Å². The molecule has 94 valence electrons. The van der Waals surface area contributed by atoms with Gasteiger partial charge in [-0.15, -0.1) is 0 Å². The smallest absolute Gasteiger partial charge is 0.313 e. The van der Waals surface area contributed by atoms with Crippen molar-refractivity contribution in [3.05, 3.63) is 11.9 Å². The molecule has 0 saturated heterocycles. The molecule has 4 nitrogen and oxygen atoms in total. The molecule has 0 bridgehead atoms. The first kappa shape index (κ1) is 12.5. The summed E-state index contributed by atoms with van der Waals surface area (Å²) in [5, 5.41) is 9.54. The van der Waals surface area contributed by atoms with Gasteiger partial charge >= 0.3 is 5.97 Å². The first-order chi connectivity index (χ1) is 8.15. The van der Waals surface area contributed by atoms with Gasteiger partial charge in [-0.1, -0.05) is 24.6 Å². The number of rotatable bonds is 5. The second-order valence-corrected chi connectivity index (χ2v) is 5.59. The number of imidazole rings is 1. The van der Waals surface area contributed by atoms with Crippen LogP contribution in [0.2, 0.25) is 0 Å². The molecule has 0 aromatic carbocycles. The van der Waals surface area contributed by atoms with Crippen LogP contribution in [0, 0.1) is 12.8 Å². The highest BCUT2D eigenvalue weighted by molar-refractivity contribution is 7.99. The highest BCUT2D eigenvalue weighted by Crippen LogP contribution is 2.28. The summed E-state index contributed by atoms with van der Waals surface area (Å²) in [6, 6.07) is 0. The van der Waals surface area contributed by atoms with E-state index in [0.717, 1.165) is 23.3 Å². The van der Waals surface area contributed by atoms with Gasteiger partial charge in [0.15, 0.2) is 5.16 Å². The maximum absolute atomic E-state index is 10.6. The minimum absolute atomic E-state index is 0.0844. The number of hydrogen-bond acceptors (Lipinski definition) is 3. The molecule has 0 spiro atoms. The number of aromatic nitrogens is 2. The number of aliphatic carboxylic acids is 1. The second-order valence-electron chi connectivity index (χ2n) is 4.65. The summed E-state index contributed by atoms with van der Waals surface area (Å²) in [5.74, 6) is 0.0389. The van der Waals surface area contributed by atoms with Crippen molar-refractivity contribution >= 4 is 17.7 Å². The Balaban J connectivity index is 2.01. The molecule has 1 N–H and O–H groups in total. The van der Waals surface area contributed by atoms with Crippen LogP contribution in [0.15, 0.2) is 11.4 Å². The van der Waals surface area contributed by atoms with Crippen molar-refractivity contribution in [3.8, 4) is 0 Å². The summed E-state index contributed by atoms with van der Waals surface area (Å²) in [4.78, 5) is 15.0. The third kappa shape index (κ3) is 3.49. The van der Waals surface area contributed by atoms with E-state index >= 15 is 0 Å². The van der Waals surface area contributed by atoms with Gasteiger partial charge in [0.2, 0.25) is 0 Å². The first-order valence-corrected chi connectivity index (χ1v) is 7.02.